The van der Waals surface area contributed by atoms with E-state index < -0.39 is 12.2 Å². The first-order valence-electron chi connectivity index (χ1n) is 10.2. The standard InChI is InChI=1S/C25H22BrNO3/c26-16-10-11-17-15(13-16)9-12-23(24(17)28)27-25(29)30-14-22-20-7-3-1-5-18(20)19-6-2-4-8-21(19)22/h1-8,10-11,13,22-24,28H,9,12,14H2,(H,27,29)/t23-,24-/m0/s1. The summed E-state index contributed by atoms with van der Waals surface area (Å²) in [6.07, 6.45) is 0.262. The van der Waals surface area contributed by atoms with Gasteiger partial charge in [-0.25, -0.2) is 4.79 Å². The molecule has 1 amide bonds. The maximum absolute atomic E-state index is 12.6. The van der Waals surface area contributed by atoms with E-state index in [0.717, 1.165) is 22.0 Å². The van der Waals surface area contributed by atoms with Gasteiger partial charge in [0.15, 0.2) is 0 Å². The van der Waals surface area contributed by atoms with Gasteiger partial charge in [-0.3, -0.25) is 0 Å². The van der Waals surface area contributed by atoms with Crippen molar-refractivity contribution in [2.75, 3.05) is 6.61 Å². The number of hydrogen-bond donors (Lipinski definition) is 2. The van der Waals surface area contributed by atoms with Crippen LogP contribution in [0.2, 0.25) is 0 Å². The lowest BCUT2D eigenvalue weighted by molar-refractivity contribution is 0.0953. The zero-order valence-electron chi connectivity index (χ0n) is 16.3. The first-order chi connectivity index (χ1) is 14.6. The van der Waals surface area contributed by atoms with Crippen LogP contribution in [0.25, 0.3) is 11.1 Å². The highest BCUT2D eigenvalue weighted by Gasteiger charge is 2.31. The number of aliphatic hydroxyl groups is 1. The monoisotopic (exact) mass is 463 g/mol. The molecular formula is C25H22BrNO3. The molecule has 4 nitrogen and oxygen atoms in total. The second kappa shape index (κ2) is 7.89. The number of halogens is 1. The number of aliphatic hydroxyl groups excluding tert-OH is 1. The molecule has 0 aliphatic heterocycles. The topological polar surface area (TPSA) is 58.6 Å². The first kappa shape index (κ1) is 19.3. The summed E-state index contributed by atoms with van der Waals surface area (Å²) in [5.41, 5.74) is 6.75. The van der Waals surface area contributed by atoms with Crippen molar-refractivity contribution in [2.45, 2.75) is 30.9 Å². The molecule has 0 saturated carbocycles. The molecule has 0 saturated heterocycles. The molecule has 30 heavy (non-hydrogen) atoms. The van der Waals surface area contributed by atoms with Crippen molar-refractivity contribution < 1.29 is 14.6 Å². The molecule has 0 unspecified atom stereocenters. The number of aryl methyl sites for hydroxylation is 1. The SMILES string of the molecule is O=C(N[C@H]1CCc2cc(Br)ccc2[C@@H]1O)OCC1c2ccccc2-c2ccccc21. The van der Waals surface area contributed by atoms with Gasteiger partial charge in [0.2, 0.25) is 0 Å². The Bertz CT molecular complexity index is 1070. The number of rotatable bonds is 3. The smallest absolute Gasteiger partial charge is 0.407 e. The quantitative estimate of drug-likeness (QED) is 0.551. The lowest BCUT2D eigenvalue weighted by Gasteiger charge is -2.30. The van der Waals surface area contributed by atoms with Gasteiger partial charge in [-0.15, -0.1) is 0 Å². The molecule has 152 valence electrons. The van der Waals surface area contributed by atoms with E-state index in [-0.39, 0.29) is 18.6 Å². The number of nitrogens with one attached hydrogen (secondary N) is 1. The lowest BCUT2D eigenvalue weighted by Crippen LogP contribution is -2.42. The van der Waals surface area contributed by atoms with Gasteiger partial charge < -0.3 is 15.2 Å². The van der Waals surface area contributed by atoms with Crippen LogP contribution >= 0.6 is 15.9 Å². The molecule has 0 aromatic heterocycles. The summed E-state index contributed by atoms with van der Waals surface area (Å²) >= 11 is 3.47. The maximum atomic E-state index is 12.6. The molecule has 3 aromatic rings. The van der Waals surface area contributed by atoms with E-state index in [1.807, 2.05) is 42.5 Å². The molecule has 0 spiro atoms. The summed E-state index contributed by atoms with van der Waals surface area (Å²) in [5.74, 6) is 0.0255. The van der Waals surface area contributed by atoms with E-state index in [1.165, 1.54) is 22.3 Å². The van der Waals surface area contributed by atoms with Gasteiger partial charge in [-0.05, 0) is 58.4 Å². The van der Waals surface area contributed by atoms with E-state index in [1.54, 1.807) is 0 Å². The Balaban J connectivity index is 1.27. The molecule has 5 heteroatoms. The Morgan fingerprint density at radius 2 is 1.67 bits per heavy atom. The third-order valence-corrected chi connectivity index (χ3v) is 6.67. The predicted molar refractivity (Wildman–Crippen MR) is 119 cm³/mol. The molecule has 0 radical (unpaired) electrons. The number of fused-ring (bicyclic) bond motifs is 4. The highest BCUT2D eigenvalue weighted by Crippen LogP contribution is 2.44. The molecule has 3 aromatic carbocycles. The third kappa shape index (κ3) is 3.42. The van der Waals surface area contributed by atoms with Crippen molar-refractivity contribution in [3.8, 4) is 11.1 Å². The summed E-state index contributed by atoms with van der Waals surface area (Å²) in [5, 5.41) is 13.6. The average molecular weight is 464 g/mol. The number of carbonyl (C=O) groups is 1. The minimum atomic E-state index is -0.734. The van der Waals surface area contributed by atoms with E-state index in [0.29, 0.717) is 6.42 Å². The van der Waals surface area contributed by atoms with Gasteiger partial charge in [-0.1, -0.05) is 70.5 Å². The molecule has 2 aliphatic rings. The van der Waals surface area contributed by atoms with Crippen LogP contribution < -0.4 is 5.32 Å². The van der Waals surface area contributed by atoms with Gasteiger partial charge in [0.05, 0.1) is 12.1 Å². The third-order valence-electron chi connectivity index (χ3n) is 6.18. The van der Waals surface area contributed by atoms with E-state index in [4.69, 9.17) is 4.74 Å². The average Bonchev–Trinajstić information content (AvgIpc) is 3.08. The zero-order chi connectivity index (χ0) is 20.7. The summed E-state index contributed by atoms with van der Waals surface area (Å²) in [7, 11) is 0. The number of hydrogen-bond acceptors (Lipinski definition) is 3. The van der Waals surface area contributed by atoms with Crippen LogP contribution in [0.5, 0.6) is 0 Å². The van der Waals surface area contributed by atoms with E-state index in [2.05, 4.69) is 45.5 Å². The Morgan fingerprint density at radius 3 is 2.37 bits per heavy atom. The number of carbonyl (C=O) groups excluding carboxylic acids is 1. The molecule has 2 atom stereocenters. The Morgan fingerprint density at radius 1 is 1.00 bits per heavy atom. The molecule has 2 aliphatic carbocycles. The fraction of sp³-hybridized carbons (Fsp3) is 0.240. The van der Waals surface area contributed by atoms with E-state index >= 15 is 0 Å². The summed E-state index contributed by atoms with van der Waals surface area (Å²) in [6.45, 7) is 0.270. The molecule has 0 heterocycles. The number of benzene rings is 3. The largest absolute Gasteiger partial charge is 0.449 e. The Hall–Kier alpha value is -2.63. The molecule has 0 fully saturated rings. The van der Waals surface area contributed by atoms with Crippen LogP contribution in [0.1, 0.15) is 40.7 Å². The minimum Gasteiger partial charge on any atom is -0.449 e. The molecule has 2 N–H and O–H groups in total. The van der Waals surface area contributed by atoms with Gasteiger partial charge in [0, 0.05) is 10.4 Å². The summed E-state index contributed by atoms with van der Waals surface area (Å²) in [4.78, 5) is 12.6. The number of alkyl carbamates (subject to hydrolysis) is 1. The van der Waals surface area contributed by atoms with Gasteiger partial charge in [-0.2, -0.15) is 0 Å². The summed E-state index contributed by atoms with van der Waals surface area (Å²) < 4.78 is 6.63. The second-order valence-electron chi connectivity index (χ2n) is 7.90. The van der Waals surface area contributed by atoms with E-state index in [9.17, 15) is 9.90 Å². The van der Waals surface area contributed by atoms with Gasteiger partial charge in [0.25, 0.3) is 0 Å². The normalized spacial score (nSPS) is 19.5. The highest BCUT2D eigenvalue weighted by atomic mass is 79.9. The lowest BCUT2D eigenvalue weighted by atomic mass is 9.86. The van der Waals surface area contributed by atoms with Crippen molar-refractivity contribution in [3.63, 3.8) is 0 Å². The van der Waals surface area contributed by atoms with Crippen LogP contribution in [0.4, 0.5) is 4.79 Å². The van der Waals surface area contributed by atoms with Crippen LogP contribution in [-0.4, -0.2) is 23.8 Å². The Kier molecular flexibility index (Phi) is 5.09. The molecule has 5 rings (SSSR count). The first-order valence-corrected chi connectivity index (χ1v) is 11.0. The summed E-state index contributed by atoms with van der Waals surface area (Å²) in [6, 6.07) is 22.0. The maximum Gasteiger partial charge on any atom is 0.407 e. The zero-order valence-corrected chi connectivity index (χ0v) is 17.9. The minimum absolute atomic E-state index is 0.0255. The van der Waals surface area contributed by atoms with Gasteiger partial charge >= 0.3 is 6.09 Å². The highest BCUT2D eigenvalue weighted by molar-refractivity contribution is 9.10. The fourth-order valence-electron chi connectivity index (χ4n) is 4.71. The van der Waals surface area contributed by atoms with Crippen LogP contribution in [0, 0.1) is 0 Å². The number of ether oxygens (including phenoxy) is 1. The number of amides is 1. The van der Waals surface area contributed by atoms with Crippen LogP contribution in [0.15, 0.2) is 71.2 Å². The second-order valence-corrected chi connectivity index (χ2v) is 8.82. The van der Waals surface area contributed by atoms with Crippen molar-refractivity contribution in [3.05, 3.63) is 93.5 Å². The fourth-order valence-corrected chi connectivity index (χ4v) is 5.12. The van der Waals surface area contributed by atoms with Crippen LogP contribution in [-0.2, 0) is 11.2 Å². The predicted octanol–water partition coefficient (Wildman–Crippen LogP) is 5.34. The molecule has 0 bridgehead atoms. The van der Waals surface area contributed by atoms with Crippen LogP contribution in [0.3, 0.4) is 0 Å². The van der Waals surface area contributed by atoms with Gasteiger partial charge in [0.1, 0.15) is 6.61 Å². The van der Waals surface area contributed by atoms with Crippen molar-refractivity contribution >= 4 is 22.0 Å². The van der Waals surface area contributed by atoms with Crippen molar-refractivity contribution in [1.29, 1.82) is 0 Å². The van der Waals surface area contributed by atoms with Crippen molar-refractivity contribution in [2.24, 2.45) is 0 Å². The van der Waals surface area contributed by atoms with Crippen molar-refractivity contribution in [1.82, 2.24) is 5.32 Å². The molecular weight excluding hydrogens is 442 g/mol. The Labute approximate surface area is 184 Å².